The number of epoxide rings is 1. The van der Waals surface area contributed by atoms with Crippen molar-refractivity contribution in [2.24, 2.45) is 0 Å². The molecule has 2 heterocycles. The number of hydrogen-bond acceptors (Lipinski definition) is 3. The van der Waals surface area contributed by atoms with E-state index in [0.29, 0.717) is 0 Å². The maximum atomic E-state index is 4.76. The minimum atomic E-state index is -2.13. The van der Waals surface area contributed by atoms with Crippen LogP contribution >= 0.6 is 11.3 Å². The van der Waals surface area contributed by atoms with Crippen LogP contribution in [0.4, 0.5) is 0 Å². The van der Waals surface area contributed by atoms with Gasteiger partial charge in [-0.25, -0.2) is 0 Å². The van der Waals surface area contributed by atoms with Crippen LogP contribution in [0.2, 0.25) is 13.3 Å². The first-order valence-corrected chi connectivity index (χ1v) is 17.2. The van der Waals surface area contributed by atoms with Crippen molar-refractivity contribution in [3.05, 3.63) is 10.9 Å². The topological polar surface area (TPSA) is 25.4 Å². The zero-order valence-corrected chi connectivity index (χ0v) is 17.9. The monoisotopic (exact) mass is 419 g/mol. The summed E-state index contributed by atoms with van der Waals surface area (Å²) >= 11 is -0.325. The first kappa shape index (κ1) is 19.4. The van der Waals surface area contributed by atoms with Gasteiger partial charge in [-0.15, -0.1) is 0 Å². The second-order valence-electron chi connectivity index (χ2n) is 6.08. The van der Waals surface area contributed by atoms with Crippen molar-refractivity contribution in [2.45, 2.75) is 72.6 Å². The molecule has 0 aromatic carbocycles. The zero-order valence-electron chi connectivity index (χ0n) is 14.2. The summed E-state index contributed by atoms with van der Waals surface area (Å²) in [6.07, 6.45) is 8.34. The third-order valence-electron chi connectivity index (χ3n) is 4.21. The fourth-order valence-corrected chi connectivity index (χ4v) is 20.6. The molecule has 0 unspecified atom stereocenters. The van der Waals surface area contributed by atoms with Crippen molar-refractivity contribution < 1.29 is 4.74 Å². The number of ether oxygens (including phenoxy) is 1. The molecule has 4 heteroatoms. The molecule has 122 valence electrons. The Morgan fingerprint density at radius 1 is 1.00 bits per heavy atom. The van der Waals surface area contributed by atoms with E-state index in [2.05, 4.69) is 36.4 Å². The van der Waals surface area contributed by atoms with E-state index in [9.17, 15) is 0 Å². The number of nitrogens with zero attached hydrogens (tertiary/aromatic N) is 1. The standard InChI is InChI=1S/3C4H9.C3H2NS.C2H4O.Sn/c3*1-3-4-2;1-2-5-3-4-1;1-2-3-1;/h3*1,3-4H2,2H3;2-3H;1-2H2;. The summed E-state index contributed by atoms with van der Waals surface area (Å²) in [5, 5.41) is 2.39. The Labute approximate surface area is 139 Å². The van der Waals surface area contributed by atoms with Crippen LogP contribution < -0.4 is 3.71 Å². The first-order chi connectivity index (χ1) is 10.3. The Bertz CT molecular complexity index is 316. The average molecular weight is 418 g/mol. The quantitative estimate of drug-likeness (QED) is 0.385. The molecule has 1 saturated heterocycles. The predicted octanol–water partition coefficient (Wildman–Crippen LogP) is 5.22. The molecule has 0 spiro atoms. The number of thiazole rings is 1. The molecule has 0 bridgehead atoms. The van der Waals surface area contributed by atoms with E-state index < -0.39 is 18.4 Å². The van der Waals surface area contributed by atoms with Gasteiger partial charge >= 0.3 is 122 Å². The normalized spacial score (nSPS) is 13.7. The van der Waals surface area contributed by atoms with Gasteiger partial charge in [0.1, 0.15) is 0 Å². The minimum absolute atomic E-state index is 1.00. The second-order valence-corrected chi connectivity index (χ2v) is 19.8. The summed E-state index contributed by atoms with van der Waals surface area (Å²) in [4.78, 5) is 4.76. The van der Waals surface area contributed by atoms with Gasteiger partial charge in [0, 0.05) is 0 Å². The average Bonchev–Trinajstić information content (AvgIpc) is 3.30. The van der Waals surface area contributed by atoms with Crippen molar-refractivity contribution in [3.63, 3.8) is 0 Å². The molecule has 1 aromatic rings. The Morgan fingerprint density at radius 3 is 1.76 bits per heavy atom. The fourth-order valence-electron chi connectivity index (χ4n) is 2.78. The van der Waals surface area contributed by atoms with Crippen molar-refractivity contribution in [1.82, 2.24) is 4.98 Å². The molecule has 0 radical (unpaired) electrons. The van der Waals surface area contributed by atoms with Crippen LogP contribution in [0.25, 0.3) is 0 Å². The summed E-state index contributed by atoms with van der Waals surface area (Å²) < 4.78 is 10.7. The molecule has 1 aliphatic rings. The van der Waals surface area contributed by atoms with Crippen LogP contribution in [0.1, 0.15) is 59.3 Å². The van der Waals surface area contributed by atoms with E-state index in [-0.39, 0.29) is 0 Å². The van der Waals surface area contributed by atoms with Crippen LogP contribution in [-0.4, -0.2) is 36.6 Å². The summed E-state index contributed by atoms with van der Waals surface area (Å²) in [5.74, 6) is 0. The van der Waals surface area contributed by atoms with Gasteiger partial charge in [0.15, 0.2) is 0 Å². The third kappa shape index (κ3) is 7.98. The fraction of sp³-hybridized carbons (Fsp3) is 0.824. The third-order valence-corrected chi connectivity index (χ3v) is 20.5. The molecule has 0 aliphatic carbocycles. The Balaban J connectivity index is 0.000000647. The second kappa shape index (κ2) is 11.9. The predicted molar refractivity (Wildman–Crippen MR) is 97.5 cm³/mol. The summed E-state index contributed by atoms with van der Waals surface area (Å²) in [6, 6.07) is 0. The van der Waals surface area contributed by atoms with Crippen LogP contribution in [0.3, 0.4) is 0 Å². The van der Waals surface area contributed by atoms with Crippen LogP contribution in [0.5, 0.6) is 0 Å². The number of rotatable bonds is 10. The Morgan fingerprint density at radius 2 is 1.48 bits per heavy atom. The molecule has 21 heavy (non-hydrogen) atoms. The number of hydrogen-bond donors (Lipinski definition) is 0. The van der Waals surface area contributed by atoms with E-state index in [1.54, 1.807) is 3.71 Å². The summed E-state index contributed by atoms with van der Waals surface area (Å²) in [5.41, 5.74) is 2.06. The summed E-state index contributed by atoms with van der Waals surface area (Å²) in [7, 11) is 0. The van der Waals surface area contributed by atoms with Gasteiger partial charge in [0.25, 0.3) is 0 Å². The van der Waals surface area contributed by atoms with Crippen molar-refractivity contribution in [3.8, 4) is 0 Å². The Hall–Kier alpha value is 0.389. The molecule has 2 rings (SSSR count). The molecule has 0 amide bonds. The van der Waals surface area contributed by atoms with E-state index in [0.717, 1.165) is 13.2 Å². The van der Waals surface area contributed by atoms with Gasteiger partial charge < -0.3 is 4.74 Å². The molecule has 0 saturated carbocycles. The van der Waals surface area contributed by atoms with Crippen LogP contribution in [0, 0.1) is 0 Å². The van der Waals surface area contributed by atoms with Gasteiger partial charge in [-0.05, 0) is 0 Å². The molecule has 1 aromatic heterocycles. The van der Waals surface area contributed by atoms with Crippen molar-refractivity contribution in [1.29, 1.82) is 0 Å². The van der Waals surface area contributed by atoms with E-state index in [1.807, 2.05) is 11.3 Å². The molecular formula is C17H33NOSSn. The van der Waals surface area contributed by atoms with Crippen molar-refractivity contribution >= 4 is 33.4 Å². The molecule has 2 nitrogen and oxygen atoms in total. The Kier molecular flexibility index (Phi) is 11.0. The van der Waals surface area contributed by atoms with E-state index in [1.165, 1.54) is 51.8 Å². The molecule has 1 fully saturated rings. The summed E-state index contributed by atoms with van der Waals surface area (Å²) in [6.45, 7) is 8.99. The van der Waals surface area contributed by atoms with Gasteiger partial charge in [-0.3, -0.25) is 0 Å². The van der Waals surface area contributed by atoms with E-state index in [4.69, 9.17) is 4.98 Å². The maximum absolute atomic E-state index is 4.76. The molecular weight excluding hydrogens is 385 g/mol. The van der Waals surface area contributed by atoms with Gasteiger partial charge in [0.05, 0.1) is 13.2 Å². The molecule has 0 atom stereocenters. The number of aromatic nitrogens is 1. The van der Waals surface area contributed by atoms with Gasteiger partial charge in [-0.1, -0.05) is 0 Å². The SMILES string of the molecule is C1CO1.CCC[CH2][Sn]([CH2]CCC)([CH2]CCC)[c]1cscn1. The van der Waals surface area contributed by atoms with Crippen LogP contribution in [-0.2, 0) is 4.74 Å². The van der Waals surface area contributed by atoms with Crippen molar-refractivity contribution in [2.75, 3.05) is 13.2 Å². The van der Waals surface area contributed by atoms with Gasteiger partial charge in [-0.2, -0.15) is 0 Å². The first-order valence-electron chi connectivity index (χ1n) is 8.75. The molecule has 0 N–H and O–H groups in total. The van der Waals surface area contributed by atoms with E-state index >= 15 is 0 Å². The van der Waals surface area contributed by atoms with Crippen LogP contribution in [0.15, 0.2) is 10.9 Å². The number of unbranched alkanes of at least 4 members (excludes halogenated alkanes) is 3. The zero-order chi connectivity index (χ0) is 15.4. The van der Waals surface area contributed by atoms with Gasteiger partial charge in [0.2, 0.25) is 0 Å². The molecule has 1 aliphatic heterocycles.